The van der Waals surface area contributed by atoms with Gasteiger partial charge in [-0.2, -0.15) is 0 Å². The minimum absolute atomic E-state index is 0.165. The molecule has 2 rings (SSSR count). The number of halogens is 2. The summed E-state index contributed by atoms with van der Waals surface area (Å²) in [5.41, 5.74) is 6.93. The first kappa shape index (κ1) is 11.1. The molecule has 1 aliphatic rings. The Morgan fingerprint density at radius 3 is 2.73 bits per heavy atom. The monoisotopic (exact) mass is 271 g/mol. The number of hydrogen-bond acceptors (Lipinski definition) is 1. The summed E-state index contributed by atoms with van der Waals surface area (Å²) in [6.07, 6.45) is 4.31. The van der Waals surface area contributed by atoms with Gasteiger partial charge in [0.1, 0.15) is 5.82 Å². The summed E-state index contributed by atoms with van der Waals surface area (Å²) in [7, 11) is 0. The number of hydrogen-bond donors (Lipinski definition) is 1. The van der Waals surface area contributed by atoms with Crippen molar-refractivity contribution in [2.45, 2.75) is 31.7 Å². The van der Waals surface area contributed by atoms with Gasteiger partial charge in [-0.05, 0) is 55.4 Å². The van der Waals surface area contributed by atoms with Crippen LogP contribution >= 0.6 is 15.9 Å². The van der Waals surface area contributed by atoms with E-state index >= 15 is 0 Å². The van der Waals surface area contributed by atoms with Gasteiger partial charge in [-0.1, -0.05) is 15.9 Å². The first-order chi connectivity index (χ1) is 7.13. The van der Waals surface area contributed by atoms with Gasteiger partial charge in [-0.25, -0.2) is 4.39 Å². The Balaban J connectivity index is 2.04. The zero-order chi connectivity index (χ0) is 10.8. The lowest BCUT2D eigenvalue weighted by Gasteiger charge is -2.09. The second-order valence-corrected chi connectivity index (χ2v) is 5.34. The SMILES string of the molecule is NC1CCC(Cc2cc(F)cc(Br)c2)C1. The summed E-state index contributed by atoms with van der Waals surface area (Å²) in [5, 5.41) is 0. The van der Waals surface area contributed by atoms with Crippen LogP contribution in [-0.2, 0) is 6.42 Å². The van der Waals surface area contributed by atoms with Gasteiger partial charge in [0, 0.05) is 10.5 Å². The smallest absolute Gasteiger partial charge is 0.124 e. The molecule has 15 heavy (non-hydrogen) atoms. The average Bonchev–Trinajstić information content (AvgIpc) is 2.49. The standard InChI is InChI=1S/C12H15BrFN/c13-10-4-9(5-11(14)7-10)3-8-1-2-12(15)6-8/h4-5,7-8,12H,1-3,6,15H2. The maximum atomic E-state index is 13.1. The Bertz CT molecular complexity index is 333. The molecule has 2 N–H and O–H groups in total. The van der Waals surface area contributed by atoms with E-state index in [1.807, 2.05) is 6.07 Å². The molecule has 0 aromatic heterocycles. The van der Waals surface area contributed by atoms with Crippen molar-refractivity contribution in [2.24, 2.45) is 11.7 Å². The maximum Gasteiger partial charge on any atom is 0.124 e. The Hall–Kier alpha value is -0.410. The van der Waals surface area contributed by atoms with E-state index in [1.54, 1.807) is 6.07 Å². The zero-order valence-corrected chi connectivity index (χ0v) is 10.1. The van der Waals surface area contributed by atoms with Gasteiger partial charge in [0.05, 0.1) is 0 Å². The van der Waals surface area contributed by atoms with E-state index in [2.05, 4.69) is 15.9 Å². The largest absolute Gasteiger partial charge is 0.328 e. The summed E-state index contributed by atoms with van der Waals surface area (Å²) < 4.78 is 13.9. The van der Waals surface area contributed by atoms with Crippen molar-refractivity contribution in [3.05, 3.63) is 34.1 Å². The lowest BCUT2D eigenvalue weighted by molar-refractivity contribution is 0.532. The third-order valence-electron chi connectivity index (χ3n) is 3.03. The fourth-order valence-corrected chi connectivity index (χ4v) is 2.87. The molecule has 1 saturated carbocycles. The molecule has 1 aromatic carbocycles. The van der Waals surface area contributed by atoms with Crippen molar-refractivity contribution in [1.29, 1.82) is 0 Å². The molecule has 0 bridgehead atoms. The summed E-state index contributed by atoms with van der Waals surface area (Å²) in [6.45, 7) is 0. The fraction of sp³-hybridized carbons (Fsp3) is 0.500. The van der Waals surface area contributed by atoms with Gasteiger partial charge < -0.3 is 5.73 Å². The molecular formula is C12H15BrFN. The van der Waals surface area contributed by atoms with Crippen LogP contribution in [0.3, 0.4) is 0 Å². The molecule has 3 heteroatoms. The molecular weight excluding hydrogens is 257 g/mol. The molecule has 2 unspecified atom stereocenters. The molecule has 0 aliphatic heterocycles. The minimum atomic E-state index is -0.165. The molecule has 2 atom stereocenters. The van der Waals surface area contributed by atoms with Gasteiger partial charge in [-0.15, -0.1) is 0 Å². The van der Waals surface area contributed by atoms with E-state index < -0.39 is 0 Å². The van der Waals surface area contributed by atoms with Crippen LogP contribution in [0.15, 0.2) is 22.7 Å². The first-order valence-electron chi connectivity index (χ1n) is 5.34. The van der Waals surface area contributed by atoms with E-state index in [0.717, 1.165) is 29.3 Å². The van der Waals surface area contributed by atoms with Gasteiger partial charge >= 0.3 is 0 Å². The lowest BCUT2D eigenvalue weighted by atomic mass is 9.98. The summed E-state index contributed by atoms with van der Waals surface area (Å²) in [6, 6.07) is 5.46. The van der Waals surface area contributed by atoms with E-state index in [-0.39, 0.29) is 5.82 Å². The van der Waals surface area contributed by atoms with Crippen LogP contribution in [-0.4, -0.2) is 6.04 Å². The topological polar surface area (TPSA) is 26.0 Å². The molecule has 1 aliphatic carbocycles. The molecule has 82 valence electrons. The second kappa shape index (κ2) is 4.62. The van der Waals surface area contributed by atoms with Crippen LogP contribution in [0.5, 0.6) is 0 Å². The first-order valence-corrected chi connectivity index (χ1v) is 6.13. The predicted molar refractivity (Wildman–Crippen MR) is 63.1 cm³/mol. The summed E-state index contributed by atoms with van der Waals surface area (Å²) in [5.74, 6) is 0.468. The second-order valence-electron chi connectivity index (χ2n) is 4.42. The molecule has 1 fully saturated rings. The van der Waals surface area contributed by atoms with Crippen molar-refractivity contribution in [2.75, 3.05) is 0 Å². The average molecular weight is 272 g/mol. The number of nitrogens with two attached hydrogens (primary N) is 1. The van der Waals surface area contributed by atoms with Crippen LogP contribution in [0, 0.1) is 11.7 Å². The molecule has 0 saturated heterocycles. The van der Waals surface area contributed by atoms with E-state index in [0.29, 0.717) is 12.0 Å². The maximum absolute atomic E-state index is 13.1. The molecule has 0 amide bonds. The van der Waals surface area contributed by atoms with Crippen molar-refractivity contribution < 1.29 is 4.39 Å². The Kier molecular flexibility index (Phi) is 3.42. The molecule has 0 spiro atoms. The normalized spacial score (nSPS) is 25.8. The highest BCUT2D eigenvalue weighted by atomic mass is 79.9. The van der Waals surface area contributed by atoms with Gasteiger partial charge in [-0.3, -0.25) is 0 Å². The summed E-state index contributed by atoms with van der Waals surface area (Å²) >= 11 is 3.31. The highest BCUT2D eigenvalue weighted by Gasteiger charge is 2.21. The lowest BCUT2D eigenvalue weighted by Crippen LogP contribution is -2.15. The van der Waals surface area contributed by atoms with E-state index in [9.17, 15) is 4.39 Å². The zero-order valence-electron chi connectivity index (χ0n) is 8.55. The van der Waals surface area contributed by atoms with Gasteiger partial charge in [0.25, 0.3) is 0 Å². The van der Waals surface area contributed by atoms with Crippen LogP contribution < -0.4 is 5.73 Å². The molecule has 1 nitrogen and oxygen atoms in total. The molecule has 0 radical (unpaired) electrons. The number of rotatable bonds is 2. The Morgan fingerprint density at radius 2 is 2.13 bits per heavy atom. The van der Waals surface area contributed by atoms with Crippen molar-refractivity contribution in [3.63, 3.8) is 0 Å². The van der Waals surface area contributed by atoms with Crippen LogP contribution in [0.25, 0.3) is 0 Å². The summed E-state index contributed by atoms with van der Waals surface area (Å²) in [4.78, 5) is 0. The number of benzene rings is 1. The van der Waals surface area contributed by atoms with Crippen LogP contribution in [0.4, 0.5) is 4.39 Å². The van der Waals surface area contributed by atoms with Crippen molar-refractivity contribution in [1.82, 2.24) is 0 Å². The fourth-order valence-electron chi connectivity index (χ4n) is 2.36. The van der Waals surface area contributed by atoms with Gasteiger partial charge in [0.2, 0.25) is 0 Å². The minimum Gasteiger partial charge on any atom is -0.328 e. The highest BCUT2D eigenvalue weighted by molar-refractivity contribution is 9.10. The van der Waals surface area contributed by atoms with E-state index in [4.69, 9.17) is 5.73 Å². The van der Waals surface area contributed by atoms with Crippen LogP contribution in [0.2, 0.25) is 0 Å². The van der Waals surface area contributed by atoms with Crippen molar-refractivity contribution in [3.8, 4) is 0 Å². The van der Waals surface area contributed by atoms with Crippen LogP contribution in [0.1, 0.15) is 24.8 Å². The van der Waals surface area contributed by atoms with Gasteiger partial charge in [0.15, 0.2) is 0 Å². The van der Waals surface area contributed by atoms with E-state index in [1.165, 1.54) is 12.5 Å². The third kappa shape index (κ3) is 3.02. The molecule has 0 heterocycles. The Morgan fingerprint density at radius 1 is 1.33 bits per heavy atom. The Labute approximate surface area is 98.0 Å². The predicted octanol–water partition coefficient (Wildman–Crippen LogP) is 3.26. The third-order valence-corrected chi connectivity index (χ3v) is 3.49. The quantitative estimate of drug-likeness (QED) is 0.878. The van der Waals surface area contributed by atoms with Crippen molar-refractivity contribution >= 4 is 15.9 Å². The molecule has 1 aromatic rings. The highest BCUT2D eigenvalue weighted by Crippen LogP contribution is 2.28.